The van der Waals surface area contributed by atoms with E-state index >= 15 is 0 Å². The molecule has 0 fully saturated rings. The van der Waals surface area contributed by atoms with Crippen LogP contribution in [0.2, 0.25) is 0 Å². The Bertz CT molecular complexity index is 290. The molecule has 2 heterocycles. The lowest BCUT2D eigenvalue weighted by Gasteiger charge is -2.23. The monoisotopic (exact) mass is 179 g/mol. The molecule has 2 rings (SSSR count). The lowest BCUT2D eigenvalue weighted by atomic mass is 9.94. The van der Waals surface area contributed by atoms with Gasteiger partial charge in [-0.15, -0.1) is 0 Å². The second kappa shape index (κ2) is 3.50. The van der Waals surface area contributed by atoms with Crippen LogP contribution in [-0.2, 0) is 13.0 Å². The Morgan fingerprint density at radius 3 is 3.31 bits per heavy atom. The van der Waals surface area contributed by atoms with Gasteiger partial charge < -0.3 is 10.3 Å². The molecule has 0 saturated carbocycles. The van der Waals surface area contributed by atoms with Crippen molar-refractivity contribution in [1.82, 2.24) is 9.55 Å². The van der Waals surface area contributed by atoms with Crippen molar-refractivity contribution in [3.63, 3.8) is 0 Å². The molecule has 0 bridgehead atoms. The maximum Gasteiger partial charge on any atom is 0.109 e. The van der Waals surface area contributed by atoms with Crippen LogP contribution in [-0.4, -0.2) is 16.1 Å². The van der Waals surface area contributed by atoms with Gasteiger partial charge in [0.2, 0.25) is 0 Å². The predicted octanol–water partition coefficient (Wildman–Crippen LogP) is 1.10. The summed E-state index contributed by atoms with van der Waals surface area (Å²) >= 11 is 0. The molecule has 0 aromatic carbocycles. The van der Waals surface area contributed by atoms with E-state index in [4.69, 9.17) is 5.73 Å². The van der Waals surface area contributed by atoms with E-state index in [1.165, 1.54) is 17.9 Å². The quantitative estimate of drug-likeness (QED) is 0.739. The smallest absolute Gasteiger partial charge is 0.109 e. The topological polar surface area (TPSA) is 43.8 Å². The third-order valence-corrected chi connectivity index (χ3v) is 2.94. The van der Waals surface area contributed by atoms with Crippen molar-refractivity contribution in [2.24, 2.45) is 11.7 Å². The van der Waals surface area contributed by atoms with E-state index in [0.717, 1.165) is 31.8 Å². The van der Waals surface area contributed by atoms with Crippen LogP contribution in [0.1, 0.15) is 24.4 Å². The number of rotatable bonds is 2. The van der Waals surface area contributed by atoms with E-state index in [9.17, 15) is 0 Å². The Labute approximate surface area is 79.0 Å². The van der Waals surface area contributed by atoms with Crippen LogP contribution in [0.4, 0.5) is 0 Å². The number of imidazole rings is 1. The van der Waals surface area contributed by atoms with Crippen LogP contribution < -0.4 is 5.73 Å². The highest BCUT2D eigenvalue weighted by Crippen LogP contribution is 2.22. The molecule has 3 nitrogen and oxygen atoms in total. The molecular formula is C10H17N3. The van der Waals surface area contributed by atoms with Gasteiger partial charge in [-0.3, -0.25) is 0 Å². The Balaban J connectivity index is 2.11. The summed E-state index contributed by atoms with van der Waals surface area (Å²) in [4.78, 5) is 4.41. The highest BCUT2D eigenvalue weighted by Gasteiger charge is 2.19. The number of aryl methyl sites for hydroxylation is 1. The van der Waals surface area contributed by atoms with Crippen LogP contribution in [0.5, 0.6) is 0 Å². The Kier molecular flexibility index (Phi) is 2.36. The molecule has 0 aliphatic carbocycles. The second-order valence-corrected chi connectivity index (χ2v) is 3.90. The van der Waals surface area contributed by atoms with Gasteiger partial charge in [0.15, 0.2) is 0 Å². The van der Waals surface area contributed by atoms with Crippen molar-refractivity contribution in [3.8, 4) is 0 Å². The molecule has 1 aliphatic rings. The zero-order chi connectivity index (χ0) is 9.26. The van der Waals surface area contributed by atoms with Gasteiger partial charge in [0.05, 0.1) is 0 Å². The average Bonchev–Trinajstić information content (AvgIpc) is 2.48. The van der Waals surface area contributed by atoms with E-state index in [1.54, 1.807) is 0 Å². The van der Waals surface area contributed by atoms with E-state index in [0.29, 0.717) is 0 Å². The Hall–Kier alpha value is -0.830. The molecule has 1 atom stereocenters. The van der Waals surface area contributed by atoms with Crippen LogP contribution in [0, 0.1) is 12.8 Å². The second-order valence-electron chi connectivity index (χ2n) is 3.90. The molecule has 0 amide bonds. The molecule has 3 heteroatoms. The first kappa shape index (κ1) is 8.75. The number of hydrogen-bond acceptors (Lipinski definition) is 2. The summed E-state index contributed by atoms with van der Waals surface area (Å²) in [5, 5.41) is 0. The van der Waals surface area contributed by atoms with Crippen molar-refractivity contribution in [1.29, 1.82) is 0 Å². The van der Waals surface area contributed by atoms with Gasteiger partial charge in [-0.1, -0.05) is 0 Å². The van der Waals surface area contributed by atoms with Crippen LogP contribution in [0.3, 0.4) is 0 Å². The number of nitrogens with two attached hydrogens (primary N) is 1. The summed E-state index contributed by atoms with van der Waals surface area (Å²) in [6, 6.07) is 0. The minimum Gasteiger partial charge on any atom is -0.332 e. The highest BCUT2D eigenvalue weighted by molar-refractivity contribution is 5.06. The van der Waals surface area contributed by atoms with E-state index < -0.39 is 0 Å². The summed E-state index contributed by atoms with van der Waals surface area (Å²) in [5.41, 5.74) is 6.85. The molecule has 1 aromatic heterocycles. The minimum atomic E-state index is 0.763. The summed E-state index contributed by atoms with van der Waals surface area (Å²) in [5.74, 6) is 2.02. The number of hydrogen-bond donors (Lipinski definition) is 1. The van der Waals surface area contributed by atoms with Gasteiger partial charge in [-0.25, -0.2) is 4.98 Å². The largest absolute Gasteiger partial charge is 0.332 e. The molecular weight excluding hydrogens is 162 g/mol. The summed E-state index contributed by atoms with van der Waals surface area (Å²) < 4.78 is 2.33. The van der Waals surface area contributed by atoms with Crippen molar-refractivity contribution in [2.45, 2.75) is 32.7 Å². The first-order chi connectivity index (χ1) is 6.31. The average molecular weight is 179 g/mol. The SMILES string of the molecule is Cc1cnc2n1CCC(CCN)C2. The molecule has 1 aromatic rings. The summed E-state index contributed by atoms with van der Waals surface area (Å²) in [7, 11) is 0. The zero-order valence-electron chi connectivity index (χ0n) is 8.16. The molecule has 13 heavy (non-hydrogen) atoms. The molecule has 1 unspecified atom stereocenters. The van der Waals surface area contributed by atoms with Crippen LogP contribution in [0.15, 0.2) is 6.20 Å². The fraction of sp³-hybridized carbons (Fsp3) is 0.700. The Morgan fingerprint density at radius 2 is 2.54 bits per heavy atom. The third kappa shape index (κ3) is 1.61. The van der Waals surface area contributed by atoms with E-state index in [1.807, 2.05) is 6.20 Å². The molecule has 0 radical (unpaired) electrons. The lowest BCUT2D eigenvalue weighted by molar-refractivity contribution is 0.362. The lowest BCUT2D eigenvalue weighted by Crippen LogP contribution is -2.22. The third-order valence-electron chi connectivity index (χ3n) is 2.94. The van der Waals surface area contributed by atoms with Crippen molar-refractivity contribution in [2.75, 3.05) is 6.54 Å². The minimum absolute atomic E-state index is 0.763. The van der Waals surface area contributed by atoms with Gasteiger partial charge in [0.25, 0.3) is 0 Å². The van der Waals surface area contributed by atoms with Crippen LogP contribution >= 0.6 is 0 Å². The van der Waals surface area contributed by atoms with E-state index in [-0.39, 0.29) is 0 Å². The first-order valence-corrected chi connectivity index (χ1v) is 5.02. The molecule has 1 aliphatic heterocycles. The fourth-order valence-corrected chi connectivity index (χ4v) is 2.13. The zero-order valence-corrected chi connectivity index (χ0v) is 8.16. The van der Waals surface area contributed by atoms with Crippen molar-refractivity contribution >= 4 is 0 Å². The van der Waals surface area contributed by atoms with Gasteiger partial charge in [-0.05, 0) is 32.2 Å². The van der Waals surface area contributed by atoms with Crippen molar-refractivity contribution < 1.29 is 0 Å². The van der Waals surface area contributed by atoms with Crippen molar-refractivity contribution in [3.05, 3.63) is 17.7 Å². The highest BCUT2D eigenvalue weighted by atomic mass is 15.1. The molecule has 0 spiro atoms. The standard InChI is InChI=1S/C10H17N3/c1-8-7-12-10-6-9(2-4-11)3-5-13(8)10/h7,9H,2-6,11H2,1H3. The van der Waals surface area contributed by atoms with E-state index in [2.05, 4.69) is 16.5 Å². The predicted molar refractivity (Wildman–Crippen MR) is 52.4 cm³/mol. The molecule has 0 saturated heterocycles. The number of aromatic nitrogens is 2. The maximum absolute atomic E-state index is 5.56. The first-order valence-electron chi connectivity index (χ1n) is 5.02. The summed E-state index contributed by atoms with van der Waals surface area (Å²) in [6.45, 7) is 4.07. The van der Waals surface area contributed by atoms with Gasteiger partial charge in [0.1, 0.15) is 5.82 Å². The van der Waals surface area contributed by atoms with Gasteiger partial charge in [0, 0.05) is 24.9 Å². The maximum atomic E-state index is 5.56. The fourth-order valence-electron chi connectivity index (χ4n) is 2.13. The Morgan fingerprint density at radius 1 is 1.69 bits per heavy atom. The molecule has 2 N–H and O–H groups in total. The van der Waals surface area contributed by atoms with Gasteiger partial charge in [-0.2, -0.15) is 0 Å². The number of fused-ring (bicyclic) bond motifs is 1. The molecule has 72 valence electrons. The van der Waals surface area contributed by atoms with Gasteiger partial charge >= 0.3 is 0 Å². The number of nitrogens with zero attached hydrogens (tertiary/aromatic N) is 2. The normalized spacial score (nSPS) is 21.5. The summed E-state index contributed by atoms with van der Waals surface area (Å²) in [6.07, 6.45) is 5.50. The van der Waals surface area contributed by atoms with Crippen LogP contribution in [0.25, 0.3) is 0 Å².